The molecule has 0 fully saturated rings. The maximum Gasteiger partial charge on any atom is 0.271 e. The number of nitrogens with zero attached hydrogens (tertiary/aromatic N) is 2. The Hall–Kier alpha value is -2.67. The minimum absolute atomic E-state index is 0.233. The maximum atomic E-state index is 11.3. The molecule has 0 aliphatic rings. The highest BCUT2D eigenvalue weighted by molar-refractivity contribution is 6.42. The third-order valence-corrected chi connectivity index (χ3v) is 4.48. The summed E-state index contributed by atoms with van der Waals surface area (Å²) in [6.07, 6.45) is 3.17. The van der Waals surface area contributed by atoms with E-state index in [4.69, 9.17) is 44.4 Å². The fourth-order valence-corrected chi connectivity index (χ4v) is 2.33. The molecule has 6 nitrogen and oxygen atoms in total. The first kappa shape index (κ1) is 26.3. The summed E-state index contributed by atoms with van der Waals surface area (Å²) in [5.74, 6) is -0.233. The standard InChI is InChI=1S/C11H9Cl2N3O.C7H7Cl.2CH2O/c1-14-11(17)10-5-16(6-15-10)7-2-3-8(12)9(13)4-7;1-6-4-2-3-5-7(6)8;2*1-2/h2-6H,1H3,(H,14,17);2-5H,1H3;2*1H2. The van der Waals surface area contributed by atoms with E-state index in [2.05, 4.69) is 10.3 Å². The molecule has 0 radical (unpaired) electrons. The lowest BCUT2D eigenvalue weighted by molar-refractivity contribution is -0.0987. The second-order valence-corrected chi connectivity index (χ2v) is 6.31. The van der Waals surface area contributed by atoms with Crippen molar-refractivity contribution in [1.29, 1.82) is 0 Å². The number of aryl methyl sites for hydroxylation is 1. The predicted octanol–water partition coefficient (Wildman–Crippen LogP) is 4.82. The van der Waals surface area contributed by atoms with Crippen molar-refractivity contribution in [3.63, 3.8) is 0 Å². The first-order chi connectivity index (χ1) is 13.9. The maximum absolute atomic E-state index is 11.3. The minimum atomic E-state index is -0.233. The molecule has 0 atom stereocenters. The molecule has 154 valence electrons. The highest BCUT2D eigenvalue weighted by Crippen LogP contribution is 2.24. The largest absolute Gasteiger partial charge is 0.354 e. The molecular weight excluding hydrogens is 437 g/mol. The van der Waals surface area contributed by atoms with Crippen molar-refractivity contribution in [1.82, 2.24) is 14.9 Å². The molecule has 0 bridgehead atoms. The Morgan fingerprint density at radius 2 is 1.59 bits per heavy atom. The summed E-state index contributed by atoms with van der Waals surface area (Å²) in [4.78, 5) is 31.3. The quantitative estimate of drug-likeness (QED) is 0.599. The number of imidazole rings is 1. The highest BCUT2D eigenvalue weighted by Gasteiger charge is 2.08. The number of hydrogen-bond acceptors (Lipinski definition) is 4. The van der Waals surface area contributed by atoms with Gasteiger partial charge in [0.15, 0.2) is 0 Å². The summed E-state index contributed by atoms with van der Waals surface area (Å²) < 4.78 is 1.70. The van der Waals surface area contributed by atoms with E-state index in [9.17, 15) is 4.79 Å². The van der Waals surface area contributed by atoms with Crippen LogP contribution in [0.15, 0.2) is 55.0 Å². The van der Waals surface area contributed by atoms with Crippen molar-refractivity contribution < 1.29 is 14.4 Å². The first-order valence-electron chi connectivity index (χ1n) is 7.92. The van der Waals surface area contributed by atoms with E-state index >= 15 is 0 Å². The van der Waals surface area contributed by atoms with Gasteiger partial charge < -0.3 is 19.5 Å². The summed E-state index contributed by atoms with van der Waals surface area (Å²) >= 11 is 17.4. The van der Waals surface area contributed by atoms with Crippen LogP contribution < -0.4 is 5.32 Å². The van der Waals surface area contributed by atoms with Gasteiger partial charge in [0.05, 0.1) is 10.0 Å². The van der Waals surface area contributed by atoms with Crippen LogP contribution in [0.5, 0.6) is 0 Å². The Morgan fingerprint density at radius 3 is 2.07 bits per heavy atom. The molecule has 1 heterocycles. The molecule has 9 heteroatoms. The summed E-state index contributed by atoms with van der Waals surface area (Å²) in [5.41, 5.74) is 2.27. The predicted molar refractivity (Wildman–Crippen MR) is 117 cm³/mol. The van der Waals surface area contributed by atoms with Crippen LogP contribution in [-0.2, 0) is 9.59 Å². The number of halogens is 3. The fraction of sp³-hybridized carbons (Fsp3) is 0.100. The van der Waals surface area contributed by atoms with Crippen LogP contribution in [0.25, 0.3) is 5.69 Å². The molecule has 1 N–H and O–H groups in total. The minimum Gasteiger partial charge on any atom is -0.354 e. The third-order valence-electron chi connectivity index (χ3n) is 3.32. The van der Waals surface area contributed by atoms with Crippen LogP contribution in [0.1, 0.15) is 16.1 Å². The molecule has 3 rings (SSSR count). The van der Waals surface area contributed by atoms with E-state index in [0.29, 0.717) is 15.7 Å². The van der Waals surface area contributed by atoms with Crippen LogP contribution in [0.2, 0.25) is 15.1 Å². The average Bonchev–Trinajstić information content (AvgIpc) is 3.25. The number of benzene rings is 2. The molecule has 0 saturated carbocycles. The molecule has 0 aliphatic heterocycles. The van der Waals surface area contributed by atoms with Crippen molar-refractivity contribution in [3.8, 4) is 5.69 Å². The fourth-order valence-electron chi connectivity index (χ4n) is 1.91. The Morgan fingerprint density at radius 1 is 0.966 bits per heavy atom. The van der Waals surface area contributed by atoms with Gasteiger partial charge in [-0.05, 0) is 36.8 Å². The second-order valence-electron chi connectivity index (χ2n) is 5.09. The SMILES string of the molecule is C=O.C=O.CNC(=O)c1cn(-c2ccc(Cl)c(Cl)c2)cn1.Cc1ccccc1Cl. The topological polar surface area (TPSA) is 81.1 Å². The lowest BCUT2D eigenvalue weighted by Gasteiger charge is -2.03. The van der Waals surface area contributed by atoms with Gasteiger partial charge in [0.1, 0.15) is 25.6 Å². The van der Waals surface area contributed by atoms with E-state index in [1.54, 1.807) is 42.3 Å². The number of carbonyl (C=O) groups is 3. The Bertz CT molecular complexity index is 894. The lowest BCUT2D eigenvalue weighted by atomic mass is 10.2. The Kier molecular flexibility index (Phi) is 13.0. The van der Waals surface area contributed by atoms with Gasteiger partial charge in [-0.2, -0.15) is 0 Å². The van der Waals surface area contributed by atoms with Gasteiger partial charge in [-0.25, -0.2) is 4.98 Å². The van der Waals surface area contributed by atoms with Gasteiger partial charge >= 0.3 is 0 Å². The molecular formula is C20H20Cl3N3O3. The van der Waals surface area contributed by atoms with Crippen LogP contribution in [0, 0.1) is 6.92 Å². The van der Waals surface area contributed by atoms with Crippen molar-refractivity contribution in [2.45, 2.75) is 6.92 Å². The van der Waals surface area contributed by atoms with Gasteiger partial charge in [0, 0.05) is 24.0 Å². The van der Waals surface area contributed by atoms with Gasteiger partial charge in [0.2, 0.25) is 0 Å². The molecule has 0 saturated heterocycles. The molecule has 0 spiro atoms. The van der Waals surface area contributed by atoms with Gasteiger partial charge in [-0.15, -0.1) is 0 Å². The second kappa shape index (κ2) is 14.3. The van der Waals surface area contributed by atoms with Crippen molar-refractivity contribution in [3.05, 3.63) is 81.3 Å². The zero-order valence-corrected chi connectivity index (χ0v) is 18.1. The summed E-state index contributed by atoms with van der Waals surface area (Å²) in [6, 6.07) is 13.0. The highest BCUT2D eigenvalue weighted by atomic mass is 35.5. The van der Waals surface area contributed by atoms with Gasteiger partial charge in [-0.1, -0.05) is 53.0 Å². The number of rotatable bonds is 2. The summed E-state index contributed by atoms with van der Waals surface area (Å²) in [5, 5.41) is 4.29. The number of carbonyl (C=O) groups excluding carboxylic acids is 3. The average molecular weight is 457 g/mol. The molecule has 29 heavy (non-hydrogen) atoms. The summed E-state index contributed by atoms with van der Waals surface area (Å²) in [6.45, 7) is 5.99. The van der Waals surface area contributed by atoms with Crippen molar-refractivity contribution in [2.24, 2.45) is 0 Å². The molecule has 1 amide bonds. The van der Waals surface area contributed by atoms with Crippen LogP contribution in [0.3, 0.4) is 0 Å². The number of nitrogens with one attached hydrogen (secondary N) is 1. The van der Waals surface area contributed by atoms with E-state index in [1.807, 2.05) is 44.8 Å². The molecule has 0 aliphatic carbocycles. The van der Waals surface area contributed by atoms with Crippen LogP contribution in [-0.4, -0.2) is 36.1 Å². The normalized spacial score (nSPS) is 8.86. The zero-order chi connectivity index (χ0) is 22.4. The van der Waals surface area contributed by atoms with E-state index in [-0.39, 0.29) is 5.91 Å². The van der Waals surface area contributed by atoms with E-state index in [1.165, 1.54) is 0 Å². The van der Waals surface area contributed by atoms with E-state index in [0.717, 1.165) is 16.3 Å². The van der Waals surface area contributed by atoms with Crippen molar-refractivity contribution in [2.75, 3.05) is 7.05 Å². The smallest absolute Gasteiger partial charge is 0.271 e. The van der Waals surface area contributed by atoms with Crippen LogP contribution in [0.4, 0.5) is 0 Å². The first-order valence-corrected chi connectivity index (χ1v) is 9.06. The van der Waals surface area contributed by atoms with Gasteiger partial charge in [-0.3, -0.25) is 4.79 Å². The number of amides is 1. The van der Waals surface area contributed by atoms with Crippen molar-refractivity contribution >= 4 is 54.3 Å². The lowest BCUT2D eigenvalue weighted by Crippen LogP contribution is -2.17. The Labute approximate surface area is 184 Å². The van der Waals surface area contributed by atoms with Gasteiger partial charge in [0.25, 0.3) is 5.91 Å². The molecule has 3 aromatic rings. The van der Waals surface area contributed by atoms with E-state index < -0.39 is 0 Å². The molecule has 2 aromatic carbocycles. The Balaban J connectivity index is 0.000000547. The number of aromatic nitrogens is 2. The zero-order valence-electron chi connectivity index (χ0n) is 15.9. The third kappa shape index (κ3) is 8.48. The van der Waals surface area contributed by atoms with Crippen LogP contribution >= 0.6 is 34.8 Å². The molecule has 0 unspecified atom stereocenters. The number of hydrogen-bond donors (Lipinski definition) is 1. The summed E-state index contributed by atoms with van der Waals surface area (Å²) in [7, 11) is 1.56. The molecule has 1 aromatic heterocycles. The monoisotopic (exact) mass is 455 g/mol.